The summed E-state index contributed by atoms with van der Waals surface area (Å²) in [6.07, 6.45) is 1.69. The van der Waals surface area contributed by atoms with E-state index < -0.39 is 0 Å². The van der Waals surface area contributed by atoms with Gasteiger partial charge in [0.25, 0.3) is 0 Å². The monoisotopic (exact) mass is 272 g/mol. The molecule has 0 aliphatic heterocycles. The summed E-state index contributed by atoms with van der Waals surface area (Å²) in [5, 5.41) is 2.47. The van der Waals surface area contributed by atoms with Crippen molar-refractivity contribution in [3.05, 3.63) is 59.3 Å². The van der Waals surface area contributed by atoms with E-state index in [0.29, 0.717) is 0 Å². The molecule has 0 bridgehead atoms. The highest BCUT2D eigenvalue weighted by Crippen LogP contribution is 2.31. The van der Waals surface area contributed by atoms with E-state index in [0.717, 1.165) is 15.8 Å². The highest BCUT2D eigenvalue weighted by molar-refractivity contribution is 9.10. The number of furan rings is 1. The molecule has 0 spiro atoms. The van der Waals surface area contributed by atoms with Crippen LogP contribution in [-0.4, -0.2) is 0 Å². The van der Waals surface area contributed by atoms with Crippen molar-refractivity contribution in [2.45, 2.75) is 0 Å². The zero-order valence-corrected chi connectivity index (χ0v) is 10.1. The first-order valence-corrected chi connectivity index (χ1v) is 5.86. The summed E-state index contributed by atoms with van der Waals surface area (Å²) in [6, 6.07) is 16.5. The number of benzene rings is 2. The number of halogens is 1. The third kappa shape index (κ3) is 1.55. The second-order valence-corrected chi connectivity index (χ2v) is 4.51. The van der Waals surface area contributed by atoms with Crippen molar-refractivity contribution in [1.82, 2.24) is 0 Å². The predicted octanol–water partition coefficient (Wildman–Crippen LogP) is 4.86. The number of fused-ring (bicyclic) bond motifs is 1. The van der Waals surface area contributed by atoms with Crippen molar-refractivity contribution < 1.29 is 4.42 Å². The molecule has 0 saturated heterocycles. The first kappa shape index (κ1) is 9.67. The minimum Gasteiger partial charge on any atom is -0.463 e. The zero-order chi connectivity index (χ0) is 11.0. The van der Waals surface area contributed by atoms with Gasteiger partial charge in [0.2, 0.25) is 0 Å². The van der Waals surface area contributed by atoms with E-state index >= 15 is 0 Å². The molecule has 0 saturated carbocycles. The van der Waals surface area contributed by atoms with E-state index in [4.69, 9.17) is 4.42 Å². The maximum atomic E-state index is 5.45. The van der Waals surface area contributed by atoms with Gasteiger partial charge in [-0.25, -0.2) is 0 Å². The summed E-state index contributed by atoms with van der Waals surface area (Å²) in [7, 11) is 0. The molecule has 16 heavy (non-hydrogen) atoms. The molecule has 3 rings (SSSR count). The summed E-state index contributed by atoms with van der Waals surface area (Å²) in [5.74, 6) is 0.880. The molecule has 78 valence electrons. The Labute approximate surface area is 102 Å². The normalized spacial score (nSPS) is 10.8. The van der Waals surface area contributed by atoms with E-state index in [9.17, 15) is 0 Å². The molecule has 0 N–H and O–H groups in total. The molecule has 0 aliphatic carbocycles. The van der Waals surface area contributed by atoms with Crippen LogP contribution in [0.25, 0.3) is 22.1 Å². The molecule has 1 nitrogen and oxygen atoms in total. The number of hydrogen-bond acceptors (Lipinski definition) is 1. The van der Waals surface area contributed by atoms with Gasteiger partial charge in [-0.2, -0.15) is 0 Å². The Bertz CT molecular complexity index is 640. The average molecular weight is 273 g/mol. The van der Waals surface area contributed by atoms with E-state index in [1.165, 1.54) is 10.8 Å². The summed E-state index contributed by atoms with van der Waals surface area (Å²) in [5.41, 5.74) is 1.09. The number of rotatable bonds is 1. The van der Waals surface area contributed by atoms with Crippen LogP contribution >= 0.6 is 15.9 Å². The summed E-state index contributed by atoms with van der Waals surface area (Å²) in [6.45, 7) is 0. The molecule has 0 aliphatic rings. The van der Waals surface area contributed by atoms with Crippen LogP contribution in [0.3, 0.4) is 0 Å². The largest absolute Gasteiger partial charge is 0.463 e. The van der Waals surface area contributed by atoms with Gasteiger partial charge in [0.05, 0.1) is 10.7 Å². The summed E-state index contributed by atoms with van der Waals surface area (Å²) >= 11 is 3.47. The quantitative estimate of drug-likeness (QED) is 0.617. The SMILES string of the molecule is Brc1ccoc1-c1ccc2ccccc2c1. The van der Waals surface area contributed by atoms with Gasteiger partial charge >= 0.3 is 0 Å². The molecular formula is C14H9BrO. The molecular weight excluding hydrogens is 264 g/mol. The van der Waals surface area contributed by atoms with Crippen LogP contribution in [0.4, 0.5) is 0 Å². The Morgan fingerprint density at radius 3 is 2.44 bits per heavy atom. The molecule has 1 heterocycles. The Hall–Kier alpha value is -1.54. The maximum Gasteiger partial charge on any atom is 0.148 e. The second-order valence-electron chi connectivity index (χ2n) is 3.66. The molecule has 0 radical (unpaired) electrons. The van der Waals surface area contributed by atoms with Crippen molar-refractivity contribution in [3.8, 4) is 11.3 Å². The molecule has 0 unspecified atom stereocenters. The Kier molecular flexibility index (Phi) is 2.29. The number of hydrogen-bond donors (Lipinski definition) is 0. The second kappa shape index (κ2) is 3.80. The van der Waals surface area contributed by atoms with Crippen LogP contribution in [-0.2, 0) is 0 Å². The van der Waals surface area contributed by atoms with Gasteiger partial charge in [0, 0.05) is 5.56 Å². The third-order valence-corrected chi connectivity index (χ3v) is 3.25. The molecule has 0 atom stereocenters. The molecule has 2 aromatic carbocycles. The lowest BCUT2D eigenvalue weighted by Gasteiger charge is -2.01. The van der Waals surface area contributed by atoms with Gasteiger partial charge in [0.1, 0.15) is 5.76 Å². The lowest BCUT2D eigenvalue weighted by atomic mass is 10.1. The fourth-order valence-corrected chi connectivity index (χ4v) is 2.26. The average Bonchev–Trinajstić information content (AvgIpc) is 2.75. The minimum absolute atomic E-state index is 0.880. The molecule has 3 aromatic rings. The fraction of sp³-hybridized carbons (Fsp3) is 0. The molecule has 0 amide bonds. The maximum absolute atomic E-state index is 5.45. The first-order chi connectivity index (χ1) is 7.84. The highest BCUT2D eigenvalue weighted by atomic mass is 79.9. The van der Waals surface area contributed by atoms with Gasteiger partial charge in [-0.3, -0.25) is 0 Å². The first-order valence-electron chi connectivity index (χ1n) is 5.07. The van der Waals surface area contributed by atoms with Crippen molar-refractivity contribution in [1.29, 1.82) is 0 Å². The Morgan fingerprint density at radius 2 is 1.69 bits per heavy atom. The van der Waals surface area contributed by atoms with Crippen molar-refractivity contribution in [2.24, 2.45) is 0 Å². The van der Waals surface area contributed by atoms with Crippen LogP contribution in [0.1, 0.15) is 0 Å². The topological polar surface area (TPSA) is 13.1 Å². The third-order valence-electron chi connectivity index (χ3n) is 2.63. The van der Waals surface area contributed by atoms with Crippen LogP contribution in [0.5, 0.6) is 0 Å². The van der Waals surface area contributed by atoms with E-state index in [1.807, 2.05) is 18.2 Å². The van der Waals surface area contributed by atoms with E-state index in [2.05, 4.69) is 46.3 Å². The zero-order valence-electron chi connectivity index (χ0n) is 8.48. The van der Waals surface area contributed by atoms with Gasteiger partial charge in [-0.1, -0.05) is 36.4 Å². The van der Waals surface area contributed by atoms with Crippen LogP contribution in [0, 0.1) is 0 Å². The molecule has 2 heteroatoms. The van der Waals surface area contributed by atoms with Gasteiger partial charge in [0.15, 0.2) is 0 Å². The van der Waals surface area contributed by atoms with Crippen molar-refractivity contribution in [2.75, 3.05) is 0 Å². The molecule has 1 aromatic heterocycles. The van der Waals surface area contributed by atoms with Crippen LogP contribution in [0.15, 0.2) is 63.7 Å². The van der Waals surface area contributed by atoms with Crippen LogP contribution < -0.4 is 0 Å². The fourth-order valence-electron chi connectivity index (χ4n) is 1.83. The lowest BCUT2D eigenvalue weighted by molar-refractivity contribution is 0.581. The lowest BCUT2D eigenvalue weighted by Crippen LogP contribution is -1.76. The smallest absolute Gasteiger partial charge is 0.148 e. The van der Waals surface area contributed by atoms with Gasteiger partial charge < -0.3 is 4.42 Å². The minimum atomic E-state index is 0.880. The van der Waals surface area contributed by atoms with Crippen molar-refractivity contribution >= 4 is 26.7 Å². The predicted molar refractivity (Wildman–Crippen MR) is 69.4 cm³/mol. The van der Waals surface area contributed by atoms with Crippen molar-refractivity contribution in [3.63, 3.8) is 0 Å². The van der Waals surface area contributed by atoms with Gasteiger partial charge in [-0.05, 0) is 38.8 Å². The Morgan fingerprint density at radius 1 is 0.875 bits per heavy atom. The van der Waals surface area contributed by atoms with E-state index in [1.54, 1.807) is 6.26 Å². The highest BCUT2D eigenvalue weighted by Gasteiger charge is 2.06. The standard InChI is InChI=1S/C14H9BrO/c15-13-7-8-16-14(13)12-6-5-10-3-1-2-4-11(10)9-12/h1-9H. The summed E-state index contributed by atoms with van der Waals surface area (Å²) in [4.78, 5) is 0. The molecule has 0 fully saturated rings. The van der Waals surface area contributed by atoms with E-state index in [-0.39, 0.29) is 0 Å². The van der Waals surface area contributed by atoms with Gasteiger partial charge in [-0.15, -0.1) is 0 Å². The summed E-state index contributed by atoms with van der Waals surface area (Å²) < 4.78 is 6.44. The Balaban J connectivity index is 2.23. The van der Waals surface area contributed by atoms with Crippen LogP contribution in [0.2, 0.25) is 0 Å².